The molecule has 0 unspecified atom stereocenters. The van der Waals surface area contributed by atoms with Crippen LogP contribution in [0.3, 0.4) is 0 Å². The molecule has 1 N–H and O–H groups in total. The largest absolute Gasteiger partial charge is 0.379 e. The molecule has 0 heterocycles. The molecule has 0 saturated heterocycles. The first-order valence-electron chi connectivity index (χ1n) is 6.03. The molecule has 0 aliphatic rings. The smallest absolute Gasteiger partial charge is 0.0701 e. The van der Waals surface area contributed by atoms with Gasteiger partial charge in [0, 0.05) is 19.2 Å². The predicted molar refractivity (Wildman–Crippen MR) is 65.6 cm³/mol. The molecule has 0 amide bonds. The summed E-state index contributed by atoms with van der Waals surface area (Å²) < 4.78 is 15.9. The van der Waals surface area contributed by atoms with Crippen molar-refractivity contribution in [2.45, 2.75) is 26.3 Å². The van der Waals surface area contributed by atoms with Gasteiger partial charge in [-0.05, 0) is 6.42 Å². The Morgan fingerprint density at radius 1 is 0.875 bits per heavy atom. The summed E-state index contributed by atoms with van der Waals surface area (Å²) in [5.74, 6) is 0. The summed E-state index contributed by atoms with van der Waals surface area (Å²) in [6, 6.07) is 0.519. The van der Waals surface area contributed by atoms with Crippen molar-refractivity contribution < 1.29 is 14.2 Å². The van der Waals surface area contributed by atoms with Crippen LogP contribution >= 0.6 is 0 Å². The van der Waals surface area contributed by atoms with Gasteiger partial charge in [0.1, 0.15) is 0 Å². The number of ether oxygens (including phenoxy) is 3. The SMILES string of the molecule is [CH2]CCOCCOCCOCCNC(C)C. The van der Waals surface area contributed by atoms with E-state index in [1.165, 1.54) is 0 Å². The maximum Gasteiger partial charge on any atom is 0.0701 e. The van der Waals surface area contributed by atoms with Gasteiger partial charge in [-0.15, -0.1) is 0 Å². The molecule has 0 aliphatic heterocycles. The van der Waals surface area contributed by atoms with E-state index in [1.54, 1.807) is 0 Å². The molecule has 0 bridgehead atoms. The Labute approximate surface area is 99.6 Å². The van der Waals surface area contributed by atoms with Crippen LogP contribution in [0.5, 0.6) is 0 Å². The van der Waals surface area contributed by atoms with E-state index in [9.17, 15) is 0 Å². The lowest BCUT2D eigenvalue weighted by atomic mass is 10.4. The van der Waals surface area contributed by atoms with Gasteiger partial charge >= 0.3 is 0 Å². The third kappa shape index (κ3) is 13.8. The van der Waals surface area contributed by atoms with Crippen molar-refractivity contribution in [2.75, 3.05) is 46.2 Å². The molecule has 0 aromatic rings. The van der Waals surface area contributed by atoms with Crippen molar-refractivity contribution in [3.8, 4) is 0 Å². The number of rotatable bonds is 12. The highest BCUT2D eigenvalue weighted by atomic mass is 16.5. The second-order valence-corrected chi connectivity index (χ2v) is 3.80. The Bertz CT molecular complexity index is 131. The zero-order valence-corrected chi connectivity index (χ0v) is 10.7. The minimum Gasteiger partial charge on any atom is -0.379 e. The van der Waals surface area contributed by atoms with E-state index in [-0.39, 0.29) is 0 Å². The average molecular weight is 232 g/mol. The molecule has 0 aliphatic carbocycles. The normalized spacial score (nSPS) is 11.2. The first kappa shape index (κ1) is 15.8. The van der Waals surface area contributed by atoms with Gasteiger partial charge in [-0.2, -0.15) is 0 Å². The molecular formula is C12H26NO3. The van der Waals surface area contributed by atoms with Gasteiger partial charge in [0.05, 0.1) is 33.0 Å². The van der Waals surface area contributed by atoms with Crippen molar-refractivity contribution >= 4 is 0 Å². The van der Waals surface area contributed by atoms with Crippen LogP contribution < -0.4 is 5.32 Å². The molecule has 0 rings (SSSR count). The summed E-state index contributed by atoms with van der Waals surface area (Å²) in [7, 11) is 0. The molecule has 97 valence electrons. The lowest BCUT2D eigenvalue weighted by Crippen LogP contribution is -2.27. The van der Waals surface area contributed by atoms with Crippen molar-refractivity contribution in [3.63, 3.8) is 0 Å². The second-order valence-electron chi connectivity index (χ2n) is 3.80. The molecule has 16 heavy (non-hydrogen) atoms. The van der Waals surface area contributed by atoms with Crippen LogP contribution in [0.2, 0.25) is 0 Å². The third-order valence-electron chi connectivity index (χ3n) is 1.83. The Hall–Kier alpha value is -0.160. The van der Waals surface area contributed by atoms with Gasteiger partial charge in [0.25, 0.3) is 0 Å². The highest BCUT2D eigenvalue weighted by Crippen LogP contribution is 1.83. The van der Waals surface area contributed by atoms with Gasteiger partial charge in [0.2, 0.25) is 0 Å². The van der Waals surface area contributed by atoms with E-state index >= 15 is 0 Å². The zero-order chi connectivity index (χ0) is 12.1. The van der Waals surface area contributed by atoms with E-state index in [0.717, 1.165) is 19.6 Å². The number of hydrogen-bond donors (Lipinski definition) is 1. The molecule has 0 fully saturated rings. The fourth-order valence-corrected chi connectivity index (χ4v) is 1.06. The molecule has 1 radical (unpaired) electrons. The predicted octanol–water partition coefficient (Wildman–Crippen LogP) is 1.26. The Kier molecular flexibility index (Phi) is 12.8. The first-order chi connectivity index (χ1) is 7.77. The minimum atomic E-state index is 0.519. The van der Waals surface area contributed by atoms with Crippen LogP contribution in [0.4, 0.5) is 0 Å². The molecule has 0 atom stereocenters. The molecular weight excluding hydrogens is 206 g/mol. The Balaban J connectivity index is 2.88. The third-order valence-corrected chi connectivity index (χ3v) is 1.83. The monoisotopic (exact) mass is 232 g/mol. The first-order valence-corrected chi connectivity index (χ1v) is 6.03. The summed E-state index contributed by atoms with van der Waals surface area (Å²) in [6.45, 7) is 12.8. The van der Waals surface area contributed by atoms with Crippen molar-refractivity contribution in [1.82, 2.24) is 5.32 Å². The maximum absolute atomic E-state index is 5.37. The van der Waals surface area contributed by atoms with Crippen molar-refractivity contribution in [2.24, 2.45) is 0 Å². The van der Waals surface area contributed by atoms with Gasteiger partial charge in [-0.3, -0.25) is 0 Å². The van der Waals surface area contributed by atoms with Gasteiger partial charge < -0.3 is 19.5 Å². The summed E-state index contributed by atoms with van der Waals surface area (Å²) >= 11 is 0. The molecule has 0 aromatic carbocycles. The Morgan fingerprint density at radius 2 is 1.38 bits per heavy atom. The van der Waals surface area contributed by atoms with E-state index in [4.69, 9.17) is 14.2 Å². The summed E-state index contributed by atoms with van der Waals surface area (Å²) in [5.41, 5.74) is 0. The van der Waals surface area contributed by atoms with Crippen LogP contribution in [0, 0.1) is 6.92 Å². The fourth-order valence-electron chi connectivity index (χ4n) is 1.06. The average Bonchev–Trinajstić information content (AvgIpc) is 2.25. The summed E-state index contributed by atoms with van der Waals surface area (Å²) in [4.78, 5) is 0. The highest BCUT2D eigenvalue weighted by Gasteiger charge is 1.93. The van der Waals surface area contributed by atoms with Gasteiger partial charge in [0.15, 0.2) is 0 Å². The van der Waals surface area contributed by atoms with Gasteiger partial charge in [-0.1, -0.05) is 20.8 Å². The molecule has 0 saturated carbocycles. The summed E-state index contributed by atoms with van der Waals surface area (Å²) in [6.07, 6.45) is 0.811. The van der Waals surface area contributed by atoms with E-state index in [2.05, 4.69) is 26.1 Å². The summed E-state index contributed by atoms with van der Waals surface area (Å²) in [5, 5.41) is 3.28. The lowest BCUT2D eigenvalue weighted by molar-refractivity contribution is 0.0157. The van der Waals surface area contributed by atoms with Crippen LogP contribution in [0.25, 0.3) is 0 Å². The van der Waals surface area contributed by atoms with E-state index < -0.39 is 0 Å². The molecule has 4 heteroatoms. The minimum absolute atomic E-state index is 0.519. The zero-order valence-electron chi connectivity index (χ0n) is 10.7. The van der Waals surface area contributed by atoms with Crippen LogP contribution in [0.1, 0.15) is 20.3 Å². The van der Waals surface area contributed by atoms with Crippen molar-refractivity contribution in [1.29, 1.82) is 0 Å². The maximum atomic E-state index is 5.37. The highest BCUT2D eigenvalue weighted by molar-refractivity contribution is 4.50. The molecule has 0 spiro atoms. The lowest BCUT2D eigenvalue weighted by Gasteiger charge is -2.09. The quantitative estimate of drug-likeness (QED) is 0.514. The molecule has 0 aromatic heterocycles. The van der Waals surface area contributed by atoms with Crippen LogP contribution in [0.15, 0.2) is 0 Å². The van der Waals surface area contributed by atoms with Crippen LogP contribution in [-0.2, 0) is 14.2 Å². The standard InChI is InChI=1S/C12H26NO3/c1-4-6-14-8-10-16-11-9-15-7-5-13-12(2)3/h12-13H,1,4-11H2,2-3H3. The van der Waals surface area contributed by atoms with E-state index in [1.807, 2.05) is 0 Å². The molecule has 4 nitrogen and oxygen atoms in total. The number of nitrogens with one attached hydrogen (secondary N) is 1. The second kappa shape index (κ2) is 12.9. The fraction of sp³-hybridized carbons (Fsp3) is 0.917. The van der Waals surface area contributed by atoms with E-state index in [0.29, 0.717) is 39.1 Å². The van der Waals surface area contributed by atoms with Crippen LogP contribution in [-0.4, -0.2) is 52.2 Å². The topological polar surface area (TPSA) is 39.7 Å². The Morgan fingerprint density at radius 3 is 1.88 bits per heavy atom. The van der Waals surface area contributed by atoms with Crippen molar-refractivity contribution in [3.05, 3.63) is 6.92 Å². The van der Waals surface area contributed by atoms with Gasteiger partial charge in [-0.25, -0.2) is 0 Å². The number of hydrogen-bond acceptors (Lipinski definition) is 4.